The largest absolute Gasteiger partial charge is 0.454 e. The molecule has 0 radical (unpaired) electrons. The normalized spacial score (nSPS) is 12.5. The van der Waals surface area contributed by atoms with Crippen molar-refractivity contribution in [1.29, 1.82) is 0 Å². The molecule has 2 heterocycles. The fourth-order valence-corrected chi connectivity index (χ4v) is 2.27. The summed E-state index contributed by atoms with van der Waals surface area (Å²) >= 11 is 0. The molecule has 1 aromatic carbocycles. The van der Waals surface area contributed by atoms with Crippen LogP contribution in [-0.4, -0.2) is 28.4 Å². The minimum atomic E-state index is -0.547. The summed E-state index contributed by atoms with van der Waals surface area (Å²) in [4.78, 5) is 22.4. The molecule has 0 unspecified atom stereocenters. The van der Waals surface area contributed by atoms with Crippen molar-refractivity contribution in [3.63, 3.8) is 0 Å². The molecule has 2 aromatic rings. The fourth-order valence-electron chi connectivity index (χ4n) is 2.27. The highest BCUT2D eigenvalue weighted by Crippen LogP contribution is 2.37. The van der Waals surface area contributed by atoms with Gasteiger partial charge in [-0.3, -0.25) is 14.9 Å². The number of nitrogens with one attached hydrogen (secondary N) is 1. The van der Waals surface area contributed by atoms with Crippen molar-refractivity contribution < 1.29 is 19.2 Å². The number of hydrazone groups is 1. The van der Waals surface area contributed by atoms with E-state index in [1.165, 1.54) is 18.3 Å². The number of aromatic nitrogens is 1. The van der Waals surface area contributed by atoms with Crippen LogP contribution in [0, 0.1) is 10.1 Å². The predicted molar refractivity (Wildman–Crippen MR) is 84.1 cm³/mol. The summed E-state index contributed by atoms with van der Waals surface area (Å²) in [5.74, 6) is 0.389. The van der Waals surface area contributed by atoms with Gasteiger partial charge in [-0.2, -0.15) is 5.10 Å². The minimum absolute atomic E-state index is 0.0144. The van der Waals surface area contributed by atoms with Crippen LogP contribution < -0.4 is 14.9 Å². The van der Waals surface area contributed by atoms with E-state index in [9.17, 15) is 14.9 Å². The van der Waals surface area contributed by atoms with Crippen molar-refractivity contribution in [2.45, 2.75) is 6.42 Å². The molecule has 0 atom stereocenters. The highest BCUT2D eigenvalue weighted by Gasteiger charge is 2.22. The summed E-state index contributed by atoms with van der Waals surface area (Å²) in [6.45, 7) is 0.0144. The number of hydrogen-bond acceptors (Lipinski definition) is 6. The van der Waals surface area contributed by atoms with Crippen LogP contribution in [0.15, 0.2) is 35.6 Å². The first-order valence-corrected chi connectivity index (χ1v) is 7.05. The maximum atomic E-state index is 11.8. The topological polar surface area (TPSA) is 108 Å². The number of carbonyl (C=O) groups is 1. The van der Waals surface area contributed by atoms with Crippen LogP contribution in [0.3, 0.4) is 0 Å². The summed E-state index contributed by atoms with van der Waals surface area (Å²) in [6, 6.07) is 6.39. The van der Waals surface area contributed by atoms with Crippen molar-refractivity contribution in [2.75, 3.05) is 6.79 Å². The minimum Gasteiger partial charge on any atom is -0.454 e. The number of aryl methyl sites for hydroxylation is 1. The molecule has 0 fully saturated rings. The molecular formula is C15H14N4O5. The second kappa shape index (κ2) is 6.41. The second-order valence-electron chi connectivity index (χ2n) is 5.10. The van der Waals surface area contributed by atoms with Crippen molar-refractivity contribution in [3.05, 3.63) is 51.8 Å². The third-order valence-corrected chi connectivity index (χ3v) is 3.50. The van der Waals surface area contributed by atoms with Crippen molar-refractivity contribution >= 4 is 17.8 Å². The lowest BCUT2D eigenvalue weighted by molar-refractivity contribution is -0.385. The molecule has 1 aliphatic rings. The quantitative estimate of drug-likeness (QED) is 0.506. The smallest absolute Gasteiger partial charge is 0.282 e. The van der Waals surface area contributed by atoms with Crippen LogP contribution in [-0.2, 0) is 18.3 Å². The first kappa shape index (κ1) is 15.5. The van der Waals surface area contributed by atoms with E-state index in [-0.39, 0.29) is 30.4 Å². The van der Waals surface area contributed by atoms with Gasteiger partial charge < -0.3 is 14.0 Å². The Morgan fingerprint density at radius 1 is 1.46 bits per heavy atom. The van der Waals surface area contributed by atoms with Gasteiger partial charge >= 0.3 is 0 Å². The highest BCUT2D eigenvalue weighted by molar-refractivity contribution is 5.88. The number of nitro groups is 1. The Kier molecular flexibility index (Phi) is 4.15. The first-order chi connectivity index (χ1) is 11.5. The molecule has 0 spiro atoms. The van der Waals surface area contributed by atoms with E-state index >= 15 is 0 Å². The number of carbonyl (C=O) groups excluding carboxylic acids is 1. The molecule has 1 N–H and O–H groups in total. The number of ether oxygens (including phenoxy) is 2. The highest BCUT2D eigenvalue weighted by atomic mass is 16.7. The molecule has 1 amide bonds. The zero-order chi connectivity index (χ0) is 17.1. The van der Waals surface area contributed by atoms with E-state index < -0.39 is 4.92 Å². The first-order valence-electron chi connectivity index (χ1n) is 7.05. The molecule has 0 aliphatic carbocycles. The van der Waals surface area contributed by atoms with Gasteiger partial charge in [-0.05, 0) is 18.2 Å². The maximum Gasteiger partial charge on any atom is 0.282 e. The average Bonchev–Trinajstić information content (AvgIpc) is 3.15. The third-order valence-electron chi connectivity index (χ3n) is 3.50. The number of nitro benzene ring substituents is 1. The average molecular weight is 330 g/mol. The molecule has 124 valence electrons. The van der Waals surface area contributed by atoms with Gasteiger partial charge in [0.25, 0.3) is 5.69 Å². The molecule has 1 aromatic heterocycles. The van der Waals surface area contributed by atoms with Crippen molar-refractivity contribution in [3.8, 4) is 11.5 Å². The standard InChI is InChI=1S/C15H14N4O5/c1-18-4-2-3-11(18)6-15(20)17-16-8-10-5-13-14(24-9-23-13)7-12(10)19(21)22/h2-5,7-8H,6,9H2,1H3,(H,17,20)/b16-8+. The van der Waals surface area contributed by atoms with E-state index in [2.05, 4.69) is 10.5 Å². The Hall–Kier alpha value is -3.36. The van der Waals surface area contributed by atoms with E-state index in [1.54, 1.807) is 0 Å². The van der Waals surface area contributed by atoms with Crippen LogP contribution in [0.25, 0.3) is 0 Å². The fraction of sp³-hybridized carbons (Fsp3) is 0.200. The number of hydrogen-bond donors (Lipinski definition) is 1. The van der Waals surface area contributed by atoms with Gasteiger partial charge in [-0.15, -0.1) is 0 Å². The summed E-state index contributed by atoms with van der Waals surface area (Å²) in [5, 5.41) is 14.9. The number of benzene rings is 1. The molecule has 9 nitrogen and oxygen atoms in total. The molecule has 0 bridgehead atoms. The van der Waals surface area contributed by atoms with Crippen molar-refractivity contribution in [1.82, 2.24) is 9.99 Å². The van der Waals surface area contributed by atoms with E-state index in [0.29, 0.717) is 11.5 Å². The van der Waals surface area contributed by atoms with E-state index in [4.69, 9.17) is 9.47 Å². The monoisotopic (exact) mass is 330 g/mol. The van der Waals surface area contributed by atoms with E-state index in [1.807, 2.05) is 29.9 Å². The zero-order valence-corrected chi connectivity index (χ0v) is 12.8. The predicted octanol–water partition coefficient (Wildman–Crippen LogP) is 1.35. The number of nitrogens with zero attached hydrogens (tertiary/aromatic N) is 3. The molecule has 0 saturated carbocycles. The molecule has 3 rings (SSSR count). The van der Waals surface area contributed by atoms with Crippen LogP contribution in [0.4, 0.5) is 5.69 Å². The van der Waals surface area contributed by atoms with Gasteiger partial charge in [0.1, 0.15) is 0 Å². The Balaban J connectivity index is 1.71. The van der Waals surface area contributed by atoms with E-state index in [0.717, 1.165) is 5.69 Å². The lowest BCUT2D eigenvalue weighted by Crippen LogP contribution is -2.21. The molecule has 1 aliphatic heterocycles. The molecule has 0 saturated heterocycles. The Morgan fingerprint density at radius 2 is 2.21 bits per heavy atom. The van der Waals surface area contributed by atoms with Crippen LogP contribution in [0.1, 0.15) is 11.3 Å². The van der Waals surface area contributed by atoms with Crippen LogP contribution in [0.5, 0.6) is 11.5 Å². The van der Waals surface area contributed by atoms with Gasteiger partial charge in [0.2, 0.25) is 12.7 Å². The zero-order valence-electron chi connectivity index (χ0n) is 12.8. The summed E-state index contributed by atoms with van der Waals surface area (Å²) in [6.07, 6.45) is 3.20. The second-order valence-corrected chi connectivity index (χ2v) is 5.10. The lowest BCUT2D eigenvalue weighted by Gasteiger charge is -2.03. The Bertz CT molecular complexity index is 827. The third kappa shape index (κ3) is 3.19. The number of fused-ring (bicyclic) bond motifs is 1. The number of amides is 1. The van der Waals surface area contributed by atoms with Gasteiger partial charge in [0.05, 0.1) is 29.2 Å². The maximum absolute atomic E-state index is 11.8. The van der Waals surface area contributed by atoms with Crippen LogP contribution >= 0.6 is 0 Å². The lowest BCUT2D eigenvalue weighted by atomic mass is 10.1. The van der Waals surface area contributed by atoms with Crippen molar-refractivity contribution in [2.24, 2.45) is 12.1 Å². The summed E-state index contributed by atoms with van der Waals surface area (Å²) in [5.41, 5.74) is 3.21. The summed E-state index contributed by atoms with van der Waals surface area (Å²) in [7, 11) is 1.84. The van der Waals surface area contributed by atoms with Crippen LogP contribution in [0.2, 0.25) is 0 Å². The SMILES string of the molecule is Cn1cccc1CC(=O)N/N=C/c1cc2c(cc1[N+](=O)[O-])OCO2. The Morgan fingerprint density at radius 3 is 2.88 bits per heavy atom. The Labute approximate surface area is 136 Å². The summed E-state index contributed by atoms with van der Waals surface area (Å²) < 4.78 is 12.1. The molecule has 9 heteroatoms. The molecular weight excluding hydrogens is 316 g/mol. The number of rotatable bonds is 5. The molecule has 24 heavy (non-hydrogen) atoms. The van der Waals surface area contributed by atoms with Gasteiger partial charge in [0, 0.05) is 18.9 Å². The van der Waals surface area contributed by atoms with Gasteiger partial charge in [-0.1, -0.05) is 0 Å². The van der Waals surface area contributed by atoms with Gasteiger partial charge in [0.15, 0.2) is 11.5 Å². The van der Waals surface area contributed by atoms with Gasteiger partial charge in [-0.25, -0.2) is 5.43 Å².